The van der Waals surface area contributed by atoms with Crippen LogP contribution >= 0.6 is 0 Å². The van der Waals surface area contributed by atoms with Crippen molar-refractivity contribution in [2.45, 2.75) is 19.4 Å². The second kappa shape index (κ2) is 7.94. The summed E-state index contributed by atoms with van der Waals surface area (Å²) in [5, 5.41) is 59.6. The van der Waals surface area contributed by atoms with Crippen LogP contribution in [0.2, 0.25) is 0 Å². The number of rotatable bonds is 3. The highest BCUT2D eigenvalue weighted by Crippen LogP contribution is 2.45. The average molecular weight is 452 g/mol. The molecule has 4 rings (SSSR count). The lowest BCUT2D eigenvalue weighted by molar-refractivity contribution is -0.131. The zero-order valence-electron chi connectivity index (χ0n) is 17.3. The molecule has 9 heteroatoms. The predicted molar refractivity (Wildman–Crippen MR) is 118 cm³/mol. The van der Waals surface area contributed by atoms with Gasteiger partial charge in [0.05, 0.1) is 5.39 Å². The maximum Gasteiger partial charge on any atom is 0.328 e. The Hall–Kier alpha value is -4.40. The molecule has 1 heterocycles. The monoisotopic (exact) mass is 452 g/mol. The lowest BCUT2D eigenvalue weighted by atomic mass is 9.88. The van der Waals surface area contributed by atoms with E-state index in [0.29, 0.717) is 17.5 Å². The molecular weight excluding hydrogens is 432 g/mol. The zero-order chi connectivity index (χ0) is 24.0. The molecule has 0 radical (unpaired) electrons. The molecule has 3 aromatic rings. The fourth-order valence-electron chi connectivity index (χ4n) is 4.11. The number of aliphatic carboxylic acids is 1. The molecule has 0 amide bonds. The van der Waals surface area contributed by atoms with Crippen LogP contribution < -0.4 is 10.2 Å². The molecule has 33 heavy (non-hydrogen) atoms. The van der Waals surface area contributed by atoms with E-state index in [1.165, 1.54) is 18.2 Å². The van der Waals surface area contributed by atoms with Crippen LogP contribution in [0.5, 0.6) is 34.5 Å². The van der Waals surface area contributed by atoms with Gasteiger partial charge in [0.15, 0.2) is 17.2 Å². The van der Waals surface area contributed by atoms with E-state index in [0.717, 1.165) is 24.3 Å². The lowest BCUT2D eigenvalue weighted by Crippen LogP contribution is -2.24. The second-order valence-corrected chi connectivity index (χ2v) is 7.96. The van der Waals surface area contributed by atoms with E-state index in [-0.39, 0.29) is 39.5 Å². The number of carboxylic acid groups (broad SMARTS) is 1. The largest absolute Gasteiger partial charge is 0.508 e. The summed E-state index contributed by atoms with van der Waals surface area (Å²) >= 11 is 0. The second-order valence-electron chi connectivity index (χ2n) is 7.96. The number of hydrogen-bond donors (Lipinski definition) is 6. The van der Waals surface area contributed by atoms with Crippen LogP contribution in [0.25, 0.3) is 16.8 Å². The van der Waals surface area contributed by atoms with E-state index in [9.17, 15) is 35.1 Å². The van der Waals surface area contributed by atoms with Crippen molar-refractivity contribution in [3.05, 3.63) is 63.3 Å². The maximum absolute atomic E-state index is 12.7. The van der Waals surface area contributed by atoms with Crippen molar-refractivity contribution in [1.29, 1.82) is 0 Å². The number of carboxylic acids is 1. The molecule has 0 spiro atoms. The van der Waals surface area contributed by atoms with Crippen LogP contribution in [-0.4, -0.2) is 36.6 Å². The highest BCUT2D eigenvalue weighted by atomic mass is 16.5. The van der Waals surface area contributed by atoms with Crippen molar-refractivity contribution < 1.29 is 40.2 Å². The molecule has 9 nitrogen and oxygen atoms in total. The van der Waals surface area contributed by atoms with Gasteiger partial charge in [0.25, 0.3) is 0 Å². The Morgan fingerprint density at radius 3 is 2.42 bits per heavy atom. The Balaban J connectivity index is 1.98. The third kappa shape index (κ3) is 3.84. The minimum absolute atomic E-state index is 0.109. The molecule has 1 unspecified atom stereocenters. The predicted octanol–water partition coefficient (Wildman–Crippen LogP) is 3.14. The third-order valence-electron chi connectivity index (χ3n) is 5.63. The van der Waals surface area contributed by atoms with Gasteiger partial charge in [-0.2, -0.15) is 0 Å². The molecular formula is C24H20O9. The summed E-state index contributed by atoms with van der Waals surface area (Å²) in [4.78, 5) is 23.7. The number of phenols is 4. The zero-order valence-corrected chi connectivity index (χ0v) is 17.3. The maximum atomic E-state index is 12.7. The molecule has 0 aromatic heterocycles. The molecule has 0 saturated carbocycles. The molecule has 0 saturated heterocycles. The molecule has 0 bridgehead atoms. The number of benzene rings is 2. The first-order chi connectivity index (χ1) is 15.6. The number of aromatic hydroxyl groups is 5. The van der Waals surface area contributed by atoms with Crippen molar-refractivity contribution in [3.8, 4) is 34.5 Å². The van der Waals surface area contributed by atoms with Crippen LogP contribution in [0.1, 0.15) is 29.7 Å². The van der Waals surface area contributed by atoms with E-state index in [4.69, 9.17) is 9.84 Å². The summed E-state index contributed by atoms with van der Waals surface area (Å²) in [7, 11) is 0. The van der Waals surface area contributed by atoms with E-state index in [1.54, 1.807) is 0 Å². The first-order valence-electron chi connectivity index (χ1n) is 9.95. The molecule has 1 aliphatic heterocycles. The molecule has 170 valence electrons. The fraction of sp³-hybridized carbons (Fsp3) is 0.167. The molecule has 3 aromatic carbocycles. The average Bonchev–Trinajstić information content (AvgIpc) is 2.86. The number of hydrogen-bond acceptors (Lipinski definition) is 8. The van der Waals surface area contributed by atoms with Gasteiger partial charge in [0, 0.05) is 29.7 Å². The number of carbonyl (C=O) groups is 1. The number of fused-ring (bicyclic) bond motifs is 2. The van der Waals surface area contributed by atoms with E-state index < -0.39 is 34.8 Å². The van der Waals surface area contributed by atoms with Gasteiger partial charge in [-0.1, -0.05) is 6.92 Å². The van der Waals surface area contributed by atoms with Crippen LogP contribution in [0, 0.1) is 5.92 Å². The Morgan fingerprint density at radius 2 is 1.73 bits per heavy atom. The number of phenolic OH excluding ortho intramolecular Hbond substituents is 4. The fourth-order valence-corrected chi connectivity index (χ4v) is 4.11. The van der Waals surface area contributed by atoms with Crippen molar-refractivity contribution >= 4 is 22.8 Å². The Bertz CT molecular complexity index is 1390. The molecule has 0 fully saturated rings. The Kier molecular flexibility index (Phi) is 5.25. The van der Waals surface area contributed by atoms with Gasteiger partial charge in [-0.15, -0.1) is 0 Å². The minimum Gasteiger partial charge on any atom is -0.508 e. The number of ether oxygens (including phenoxy) is 1. The Labute approximate surface area is 186 Å². The van der Waals surface area contributed by atoms with Gasteiger partial charge in [-0.3, -0.25) is 4.79 Å². The van der Waals surface area contributed by atoms with Crippen molar-refractivity contribution in [1.82, 2.24) is 0 Å². The molecule has 2 atom stereocenters. The SMILES string of the molecule is C[C@@H]1Cc2c(O)cc(O)cc2OC1c1cc(=O)c(O)c2c(O)c(O)cc(/C=C/C(=O)O)c2c1. The van der Waals surface area contributed by atoms with Crippen molar-refractivity contribution in [2.24, 2.45) is 5.92 Å². The summed E-state index contributed by atoms with van der Waals surface area (Å²) in [5.41, 5.74) is 0.0873. The topological polar surface area (TPSA) is 165 Å². The standard InChI is InChI=1S/C24H20O9/c1-10-4-15-16(26)8-13(25)9-19(15)33-24(10)12-5-14-11(2-3-20(29)30)6-17(27)22(31)21(14)23(32)18(28)7-12/h2-3,5-10,24-27,31H,4H2,1H3,(H,28,32)(H,29,30)/b3-2+/t10-,24?/m1/s1. The van der Waals surface area contributed by atoms with Gasteiger partial charge < -0.3 is 35.4 Å². The highest BCUT2D eigenvalue weighted by Gasteiger charge is 2.31. The molecule has 0 aliphatic carbocycles. The molecule has 1 aliphatic rings. The van der Waals surface area contributed by atoms with Gasteiger partial charge in [0.1, 0.15) is 23.4 Å². The van der Waals surface area contributed by atoms with Crippen molar-refractivity contribution in [3.63, 3.8) is 0 Å². The summed E-state index contributed by atoms with van der Waals surface area (Å²) in [6, 6.07) is 6.25. The van der Waals surface area contributed by atoms with Crippen LogP contribution in [0.15, 0.2) is 41.2 Å². The Morgan fingerprint density at radius 1 is 1.00 bits per heavy atom. The summed E-state index contributed by atoms with van der Waals surface area (Å²) in [6.45, 7) is 1.83. The normalized spacial score (nSPS) is 17.6. The summed E-state index contributed by atoms with van der Waals surface area (Å²) in [5.74, 6) is -3.80. The molecule has 6 N–H and O–H groups in total. The first-order valence-corrected chi connectivity index (χ1v) is 9.95. The first kappa shape index (κ1) is 21.8. The van der Waals surface area contributed by atoms with E-state index in [1.807, 2.05) is 6.92 Å². The smallest absolute Gasteiger partial charge is 0.328 e. The third-order valence-corrected chi connectivity index (χ3v) is 5.63. The van der Waals surface area contributed by atoms with E-state index >= 15 is 0 Å². The van der Waals surface area contributed by atoms with Gasteiger partial charge in [-0.25, -0.2) is 4.79 Å². The van der Waals surface area contributed by atoms with Gasteiger partial charge in [0.2, 0.25) is 5.43 Å². The van der Waals surface area contributed by atoms with Crippen molar-refractivity contribution in [2.75, 3.05) is 0 Å². The minimum atomic E-state index is -1.26. The van der Waals surface area contributed by atoms with Crippen LogP contribution in [0.4, 0.5) is 0 Å². The van der Waals surface area contributed by atoms with Crippen LogP contribution in [-0.2, 0) is 11.2 Å². The van der Waals surface area contributed by atoms with E-state index in [2.05, 4.69) is 0 Å². The summed E-state index contributed by atoms with van der Waals surface area (Å²) in [6.07, 6.45) is 1.59. The quantitative estimate of drug-likeness (QED) is 0.259. The van der Waals surface area contributed by atoms with Gasteiger partial charge >= 0.3 is 5.97 Å². The summed E-state index contributed by atoms with van der Waals surface area (Å²) < 4.78 is 6.00. The van der Waals surface area contributed by atoms with Gasteiger partial charge in [-0.05, 0) is 47.2 Å². The highest BCUT2D eigenvalue weighted by molar-refractivity contribution is 6.01. The van der Waals surface area contributed by atoms with Crippen LogP contribution in [0.3, 0.4) is 0 Å². The lowest BCUT2D eigenvalue weighted by Gasteiger charge is -2.32.